The Morgan fingerprint density at radius 3 is 2.92 bits per heavy atom. The Morgan fingerprint density at radius 2 is 2.38 bits per heavy atom. The minimum atomic E-state index is -2.64. The maximum atomic E-state index is 11.6. The third kappa shape index (κ3) is 3.14. The number of hydrogen-bond acceptors (Lipinski definition) is 3. The van der Waals surface area contributed by atoms with E-state index in [1.54, 1.807) is 0 Å². The van der Waals surface area contributed by atoms with Crippen molar-refractivity contribution in [1.29, 1.82) is 0 Å². The Balaban J connectivity index is 2.50. The van der Waals surface area contributed by atoms with E-state index in [2.05, 4.69) is 9.72 Å². The van der Waals surface area contributed by atoms with E-state index in [0.717, 1.165) is 0 Å². The summed E-state index contributed by atoms with van der Waals surface area (Å²) in [6.45, 7) is -0.881. The van der Waals surface area contributed by atoms with Crippen LogP contribution in [0.15, 0.2) is 24.5 Å². The zero-order chi connectivity index (χ0) is 9.68. The second kappa shape index (κ2) is 4.49. The lowest BCUT2D eigenvalue weighted by molar-refractivity contribution is 0.0159. The molecule has 0 atom stereocenters. The molecule has 0 spiro atoms. The number of alkyl halides is 2. The van der Waals surface area contributed by atoms with Crippen LogP contribution in [0.5, 0.6) is 0 Å². The molecule has 0 fully saturated rings. The summed E-state index contributed by atoms with van der Waals surface area (Å²) in [4.78, 5) is 14.6. The number of esters is 1. The summed E-state index contributed by atoms with van der Waals surface area (Å²) in [5.74, 6) is -0.784. The first-order chi connectivity index (χ1) is 6.20. The molecule has 0 radical (unpaired) electrons. The molecule has 3 nitrogen and oxygen atoms in total. The molecule has 0 amide bonds. The maximum absolute atomic E-state index is 11.6. The Hall–Kier alpha value is -1.52. The first-order valence-corrected chi connectivity index (χ1v) is 3.55. The number of nitrogens with zero attached hydrogens (tertiary/aromatic N) is 1. The van der Waals surface area contributed by atoms with Gasteiger partial charge in [0.1, 0.15) is 0 Å². The van der Waals surface area contributed by atoms with Gasteiger partial charge in [-0.25, -0.2) is 13.6 Å². The number of carbonyl (C=O) groups is 1. The fraction of sp³-hybridized carbons (Fsp3) is 0.250. The van der Waals surface area contributed by atoms with E-state index in [1.165, 1.54) is 24.5 Å². The van der Waals surface area contributed by atoms with Crippen LogP contribution in [0.25, 0.3) is 0 Å². The zero-order valence-corrected chi connectivity index (χ0v) is 6.61. The van der Waals surface area contributed by atoms with Crippen LogP contribution in [0.2, 0.25) is 0 Å². The van der Waals surface area contributed by atoms with Crippen molar-refractivity contribution in [3.8, 4) is 0 Å². The van der Waals surface area contributed by atoms with Crippen LogP contribution in [0, 0.1) is 0 Å². The van der Waals surface area contributed by atoms with Gasteiger partial charge in [0.2, 0.25) is 0 Å². The third-order valence-electron chi connectivity index (χ3n) is 1.24. The van der Waals surface area contributed by atoms with E-state index in [4.69, 9.17) is 0 Å². The SMILES string of the molecule is O=C(OCC(F)F)c1cccnc1. The van der Waals surface area contributed by atoms with E-state index >= 15 is 0 Å². The van der Waals surface area contributed by atoms with Crippen molar-refractivity contribution in [2.75, 3.05) is 6.61 Å². The molecule has 1 aromatic heterocycles. The van der Waals surface area contributed by atoms with E-state index < -0.39 is 19.0 Å². The average Bonchev–Trinajstić information content (AvgIpc) is 2.15. The molecular formula is C8H7F2NO2. The quantitative estimate of drug-likeness (QED) is 0.673. The van der Waals surface area contributed by atoms with Crippen LogP contribution in [0.4, 0.5) is 8.78 Å². The highest BCUT2D eigenvalue weighted by Crippen LogP contribution is 2.01. The van der Waals surface area contributed by atoms with Crippen molar-refractivity contribution < 1.29 is 18.3 Å². The fourth-order valence-corrected chi connectivity index (χ4v) is 0.706. The predicted octanol–water partition coefficient (Wildman–Crippen LogP) is 1.50. The molecule has 0 bridgehead atoms. The lowest BCUT2D eigenvalue weighted by Gasteiger charge is -2.02. The second-order valence-corrected chi connectivity index (χ2v) is 2.23. The Kier molecular flexibility index (Phi) is 3.31. The van der Waals surface area contributed by atoms with Gasteiger partial charge in [-0.2, -0.15) is 0 Å². The molecule has 1 heterocycles. The van der Waals surface area contributed by atoms with Gasteiger partial charge >= 0.3 is 5.97 Å². The van der Waals surface area contributed by atoms with Gasteiger partial charge in [0.15, 0.2) is 6.61 Å². The average molecular weight is 187 g/mol. The van der Waals surface area contributed by atoms with Gasteiger partial charge in [-0.15, -0.1) is 0 Å². The summed E-state index contributed by atoms with van der Waals surface area (Å²) in [5.41, 5.74) is 0.170. The predicted molar refractivity (Wildman–Crippen MR) is 40.5 cm³/mol. The van der Waals surface area contributed by atoms with Gasteiger partial charge in [0.05, 0.1) is 5.56 Å². The zero-order valence-electron chi connectivity index (χ0n) is 6.61. The summed E-state index contributed by atoms with van der Waals surface area (Å²) < 4.78 is 27.5. The number of carbonyl (C=O) groups excluding carboxylic acids is 1. The molecule has 0 saturated heterocycles. The smallest absolute Gasteiger partial charge is 0.339 e. The second-order valence-electron chi connectivity index (χ2n) is 2.23. The standard InChI is InChI=1S/C8H7F2NO2/c9-7(10)5-13-8(12)6-2-1-3-11-4-6/h1-4,7H,5H2. The number of ether oxygens (including phenoxy) is 1. The van der Waals surface area contributed by atoms with Crippen molar-refractivity contribution >= 4 is 5.97 Å². The fourth-order valence-electron chi connectivity index (χ4n) is 0.706. The maximum Gasteiger partial charge on any atom is 0.339 e. The van der Waals surface area contributed by atoms with Gasteiger partial charge in [-0.3, -0.25) is 4.98 Å². The number of hydrogen-bond donors (Lipinski definition) is 0. The first kappa shape index (κ1) is 9.57. The largest absolute Gasteiger partial charge is 0.456 e. The minimum Gasteiger partial charge on any atom is -0.456 e. The van der Waals surface area contributed by atoms with E-state index in [9.17, 15) is 13.6 Å². The highest BCUT2D eigenvalue weighted by molar-refractivity contribution is 5.88. The van der Waals surface area contributed by atoms with E-state index in [1.807, 2.05) is 0 Å². The number of rotatable bonds is 3. The van der Waals surface area contributed by atoms with Crippen LogP contribution < -0.4 is 0 Å². The molecule has 0 aromatic carbocycles. The van der Waals surface area contributed by atoms with E-state index in [0.29, 0.717) is 0 Å². The lowest BCUT2D eigenvalue weighted by Crippen LogP contribution is -2.11. The molecule has 1 rings (SSSR count). The van der Waals surface area contributed by atoms with Gasteiger partial charge in [0.25, 0.3) is 6.43 Å². The number of aromatic nitrogens is 1. The molecular weight excluding hydrogens is 180 g/mol. The molecule has 0 aliphatic rings. The summed E-state index contributed by atoms with van der Waals surface area (Å²) in [7, 11) is 0. The summed E-state index contributed by atoms with van der Waals surface area (Å²) in [6.07, 6.45) is 0.0955. The summed E-state index contributed by atoms with van der Waals surface area (Å²) >= 11 is 0. The van der Waals surface area contributed by atoms with Crippen molar-refractivity contribution in [1.82, 2.24) is 4.98 Å². The third-order valence-corrected chi connectivity index (χ3v) is 1.24. The monoisotopic (exact) mass is 187 g/mol. The van der Waals surface area contributed by atoms with Gasteiger partial charge in [0, 0.05) is 12.4 Å². The van der Waals surface area contributed by atoms with Gasteiger partial charge in [-0.05, 0) is 12.1 Å². The normalized spacial score (nSPS) is 10.1. The molecule has 13 heavy (non-hydrogen) atoms. The molecule has 0 aliphatic heterocycles. The van der Waals surface area contributed by atoms with Crippen molar-refractivity contribution in [3.05, 3.63) is 30.1 Å². The summed E-state index contributed by atoms with van der Waals surface area (Å²) in [6, 6.07) is 2.97. The van der Waals surface area contributed by atoms with Crippen LogP contribution >= 0.6 is 0 Å². The molecule has 0 N–H and O–H groups in total. The van der Waals surface area contributed by atoms with Crippen LogP contribution in [0.3, 0.4) is 0 Å². The number of halogens is 2. The van der Waals surface area contributed by atoms with Crippen molar-refractivity contribution in [2.45, 2.75) is 6.43 Å². The minimum absolute atomic E-state index is 0.170. The van der Waals surface area contributed by atoms with Gasteiger partial charge in [-0.1, -0.05) is 0 Å². The first-order valence-electron chi connectivity index (χ1n) is 3.55. The Morgan fingerprint density at radius 1 is 1.62 bits per heavy atom. The van der Waals surface area contributed by atoms with E-state index in [-0.39, 0.29) is 5.56 Å². The highest BCUT2D eigenvalue weighted by Gasteiger charge is 2.10. The molecule has 0 unspecified atom stereocenters. The van der Waals surface area contributed by atoms with Crippen LogP contribution in [-0.2, 0) is 4.74 Å². The molecule has 5 heteroatoms. The van der Waals surface area contributed by atoms with Crippen molar-refractivity contribution in [2.24, 2.45) is 0 Å². The molecule has 0 aliphatic carbocycles. The Labute approximate surface area is 73.4 Å². The molecule has 1 aromatic rings. The van der Waals surface area contributed by atoms with Crippen LogP contribution in [-0.4, -0.2) is 24.0 Å². The van der Waals surface area contributed by atoms with Gasteiger partial charge < -0.3 is 4.74 Å². The van der Waals surface area contributed by atoms with Crippen LogP contribution in [0.1, 0.15) is 10.4 Å². The molecule has 0 saturated carbocycles. The highest BCUT2D eigenvalue weighted by atomic mass is 19.3. The Bertz CT molecular complexity index is 277. The number of pyridine rings is 1. The lowest BCUT2D eigenvalue weighted by atomic mass is 10.3. The van der Waals surface area contributed by atoms with Crippen molar-refractivity contribution in [3.63, 3.8) is 0 Å². The topological polar surface area (TPSA) is 39.2 Å². The molecule has 70 valence electrons. The summed E-state index contributed by atoms with van der Waals surface area (Å²) in [5, 5.41) is 0.